The van der Waals surface area contributed by atoms with Gasteiger partial charge in [0.1, 0.15) is 5.75 Å². The molecule has 0 saturated heterocycles. The summed E-state index contributed by atoms with van der Waals surface area (Å²) in [4.78, 5) is 12.1. The maximum absolute atomic E-state index is 12.5. The Labute approximate surface area is 184 Å². The molecule has 0 aliphatic heterocycles. The highest BCUT2D eigenvalue weighted by atomic mass is 35.5. The Morgan fingerprint density at radius 2 is 1.69 bits per heavy atom. The van der Waals surface area contributed by atoms with Crippen LogP contribution in [-0.2, 0) is 14.8 Å². The first-order chi connectivity index (χ1) is 13.7. The number of sulfonamides is 1. The zero-order valence-corrected chi connectivity index (χ0v) is 18.3. The van der Waals surface area contributed by atoms with Crippen molar-refractivity contribution in [2.24, 2.45) is 0 Å². The summed E-state index contributed by atoms with van der Waals surface area (Å²) in [6.45, 7) is -0.323. The number of hydrogen-bond acceptors (Lipinski definition) is 4. The van der Waals surface area contributed by atoms with Crippen LogP contribution >= 0.6 is 34.8 Å². The molecule has 0 aromatic heterocycles. The fraction of sp³-hybridized carbons (Fsp3) is 0.316. The minimum absolute atomic E-state index is 0.0432. The van der Waals surface area contributed by atoms with Gasteiger partial charge in [-0.1, -0.05) is 47.6 Å². The largest absolute Gasteiger partial charge is 0.482 e. The summed E-state index contributed by atoms with van der Waals surface area (Å²) < 4.78 is 33.1. The molecule has 2 aromatic rings. The summed E-state index contributed by atoms with van der Waals surface area (Å²) in [7, 11) is -3.66. The molecule has 3 rings (SSSR count). The van der Waals surface area contributed by atoms with E-state index in [9.17, 15) is 13.2 Å². The van der Waals surface area contributed by atoms with E-state index in [-0.39, 0.29) is 28.3 Å². The van der Waals surface area contributed by atoms with Gasteiger partial charge in [-0.25, -0.2) is 13.1 Å². The molecule has 29 heavy (non-hydrogen) atoms. The number of carbonyl (C=O) groups excluding carboxylic acids is 1. The van der Waals surface area contributed by atoms with Gasteiger partial charge in [-0.15, -0.1) is 0 Å². The maximum Gasteiger partial charge on any atom is 0.262 e. The van der Waals surface area contributed by atoms with E-state index in [0.29, 0.717) is 15.7 Å². The van der Waals surface area contributed by atoms with Crippen molar-refractivity contribution in [1.29, 1.82) is 0 Å². The zero-order chi connectivity index (χ0) is 21.0. The number of benzene rings is 2. The summed E-state index contributed by atoms with van der Waals surface area (Å²) in [5.74, 6) is -0.246. The number of carbonyl (C=O) groups is 1. The van der Waals surface area contributed by atoms with E-state index in [1.54, 1.807) is 18.2 Å². The summed E-state index contributed by atoms with van der Waals surface area (Å²) in [5.41, 5.74) is 0.432. The molecule has 1 aliphatic rings. The Hall–Kier alpha value is -1.51. The quantitative estimate of drug-likeness (QED) is 0.595. The predicted octanol–water partition coefficient (Wildman–Crippen LogP) is 4.89. The predicted molar refractivity (Wildman–Crippen MR) is 115 cm³/mol. The first-order valence-corrected chi connectivity index (χ1v) is 11.6. The van der Waals surface area contributed by atoms with E-state index in [0.717, 1.165) is 25.7 Å². The Balaban J connectivity index is 1.60. The number of halogens is 3. The van der Waals surface area contributed by atoms with Crippen molar-refractivity contribution in [3.8, 4) is 5.75 Å². The van der Waals surface area contributed by atoms with Crippen molar-refractivity contribution in [1.82, 2.24) is 4.72 Å². The van der Waals surface area contributed by atoms with Crippen LogP contribution in [0.3, 0.4) is 0 Å². The summed E-state index contributed by atoms with van der Waals surface area (Å²) >= 11 is 17.9. The lowest BCUT2D eigenvalue weighted by Gasteiger charge is -2.14. The Bertz CT molecular complexity index is 988. The molecule has 2 aromatic carbocycles. The minimum Gasteiger partial charge on any atom is -0.482 e. The van der Waals surface area contributed by atoms with Gasteiger partial charge < -0.3 is 10.1 Å². The SMILES string of the molecule is O=C(COc1ccc(S(=O)(=O)NC2CCCC2)cc1Cl)Nc1cc(Cl)cc(Cl)c1. The molecule has 0 unspecified atom stereocenters. The average Bonchev–Trinajstić information content (AvgIpc) is 3.12. The highest BCUT2D eigenvalue weighted by Gasteiger charge is 2.23. The molecule has 0 radical (unpaired) electrons. The molecule has 0 spiro atoms. The highest BCUT2D eigenvalue weighted by Crippen LogP contribution is 2.28. The van der Waals surface area contributed by atoms with Crippen LogP contribution in [0.1, 0.15) is 25.7 Å². The number of amides is 1. The second kappa shape index (κ2) is 9.53. The van der Waals surface area contributed by atoms with Crippen LogP contribution < -0.4 is 14.8 Å². The number of nitrogens with one attached hydrogen (secondary N) is 2. The van der Waals surface area contributed by atoms with E-state index in [1.807, 2.05) is 0 Å². The molecule has 0 heterocycles. The monoisotopic (exact) mass is 476 g/mol. The zero-order valence-electron chi connectivity index (χ0n) is 15.3. The first kappa shape index (κ1) is 22.2. The normalized spacial score (nSPS) is 14.7. The molecular formula is C19H19Cl3N2O4S. The third-order valence-electron chi connectivity index (χ3n) is 4.40. The first-order valence-electron chi connectivity index (χ1n) is 8.93. The van der Waals surface area contributed by atoms with E-state index >= 15 is 0 Å². The van der Waals surface area contributed by atoms with Gasteiger partial charge in [0.05, 0.1) is 9.92 Å². The molecule has 10 heteroatoms. The highest BCUT2D eigenvalue weighted by molar-refractivity contribution is 7.89. The number of ether oxygens (including phenoxy) is 1. The lowest BCUT2D eigenvalue weighted by atomic mass is 10.3. The maximum atomic E-state index is 12.5. The van der Waals surface area contributed by atoms with Crippen molar-refractivity contribution < 1.29 is 17.9 Å². The molecule has 1 fully saturated rings. The number of anilines is 1. The summed E-state index contributed by atoms with van der Waals surface area (Å²) in [6.07, 6.45) is 3.70. The second-order valence-electron chi connectivity index (χ2n) is 6.69. The van der Waals surface area contributed by atoms with Gasteiger partial charge in [-0.3, -0.25) is 4.79 Å². The van der Waals surface area contributed by atoms with Gasteiger partial charge in [0.2, 0.25) is 10.0 Å². The third-order valence-corrected chi connectivity index (χ3v) is 6.65. The molecule has 0 bridgehead atoms. The Kier molecular flexibility index (Phi) is 7.29. The molecule has 0 atom stereocenters. The fourth-order valence-corrected chi connectivity index (χ4v) is 5.22. The summed E-state index contributed by atoms with van der Waals surface area (Å²) in [6, 6.07) is 8.74. The van der Waals surface area contributed by atoms with Crippen LogP contribution in [-0.4, -0.2) is 27.0 Å². The standard InChI is InChI=1S/C19H19Cl3N2O4S/c20-12-7-13(21)9-15(8-12)23-19(25)11-28-18-6-5-16(10-17(18)22)29(26,27)24-14-3-1-2-4-14/h5-10,14,24H,1-4,11H2,(H,23,25). The number of hydrogen-bond donors (Lipinski definition) is 2. The lowest BCUT2D eigenvalue weighted by Crippen LogP contribution is -2.32. The van der Waals surface area contributed by atoms with Crippen LogP contribution in [0.2, 0.25) is 15.1 Å². The van der Waals surface area contributed by atoms with Crippen LogP contribution in [0.4, 0.5) is 5.69 Å². The lowest BCUT2D eigenvalue weighted by molar-refractivity contribution is -0.118. The van der Waals surface area contributed by atoms with Crippen LogP contribution in [0.25, 0.3) is 0 Å². The van der Waals surface area contributed by atoms with Crippen molar-refractivity contribution in [2.45, 2.75) is 36.6 Å². The summed E-state index contributed by atoms with van der Waals surface area (Å²) in [5, 5.41) is 3.48. The van der Waals surface area contributed by atoms with Crippen molar-refractivity contribution in [2.75, 3.05) is 11.9 Å². The van der Waals surface area contributed by atoms with Crippen LogP contribution in [0.5, 0.6) is 5.75 Å². The van der Waals surface area contributed by atoms with Crippen LogP contribution in [0, 0.1) is 0 Å². The second-order valence-corrected chi connectivity index (χ2v) is 9.68. The van der Waals surface area contributed by atoms with E-state index in [4.69, 9.17) is 39.5 Å². The Morgan fingerprint density at radius 3 is 2.31 bits per heavy atom. The van der Waals surface area contributed by atoms with Crippen molar-refractivity contribution >= 4 is 56.4 Å². The molecule has 1 saturated carbocycles. The minimum atomic E-state index is -3.66. The topological polar surface area (TPSA) is 84.5 Å². The van der Waals surface area contributed by atoms with Gasteiger partial charge in [-0.2, -0.15) is 0 Å². The van der Waals surface area contributed by atoms with Crippen molar-refractivity contribution in [3.05, 3.63) is 51.5 Å². The fourth-order valence-electron chi connectivity index (χ4n) is 3.06. The van der Waals surface area contributed by atoms with E-state index in [2.05, 4.69) is 10.0 Å². The molecule has 1 aliphatic carbocycles. The Morgan fingerprint density at radius 1 is 1.03 bits per heavy atom. The van der Waals surface area contributed by atoms with Gasteiger partial charge in [0.15, 0.2) is 6.61 Å². The van der Waals surface area contributed by atoms with Gasteiger partial charge in [-0.05, 0) is 49.2 Å². The molecule has 2 N–H and O–H groups in total. The molecule has 6 nitrogen and oxygen atoms in total. The molecule has 156 valence electrons. The van der Waals surface area contributed by atoms with Gasteiger partial charge in [0.25, 0.3) is 5.91 Å². The van der Waals surface area contributed by atoms with Crippen molar-refractivity contribution in [3.63, 3.8) is 0 Å². The van der Waals surface area contributed by atoms with Gasteiger partial charge >= 0.3 is 0 Å². The smallest absolute Gasteiger partial charge is 0.262 e. The molecule has 1 amide bonds. The van der Waals surface area contributed by atoms with E-state index in [1.165, 1.54) is 18.2 Å². The van der Waals surface area contributed by atoms with Crippen LogP contribution in [0.15, 0.2) is 41.3 Å². The average molecular weight is 478 g/mol. The number of rotatable bonds is 7. The van der Waals surface area contributed by atoms with Gasteiger partial charge in [0, 0.05) is 21.8 Å². The molecular weight excluding hydrogens is 459 g/mol. The van der Waals surface area contributed by atoms with E-state index < -0.39 is 15.9 Å². The third kappa shape index (κ3) is 6.23.